The molecule has 0 unspecified atom stereocenters. The second kappa shape index (κ2) is 8.00. The van der Waals surface area contributed by atoms with Crippen LogP contribution in [-0.4, -0.2) is 23.8 Å². The molecule has 0 amide bonds. The standard InChI is InChI=1S/C20H26N2O/c1-2-22-14-8-4-3-5-13-20(22)21-16-17-10-6-7-11-18(17)19-12-9-15-23-19/h6-7,9-12,15H,2-5,8,13-14,16H2,1H3. The number of amidine groups is 1. The second-order valence-corrected chi connectivity index (χ2v) is 6.11. The first kappa shape index (κ1) is 15.9. The lowest BCUT2D eigenvalue weighted by atomic mass is 10.1. The number of furan rings is 1. The molecule has 122 valence electrons. The summed E-state index contributed by atoms with van der Waals surface area (Å²) in [5, 5.41) is 0. The zero-order chi connectivity index (χ0) is 15.9. The molecule has 3 nitrogen and oxygen atoms in total. The quantitative estimate of drug-likeness (QED) is 0.783. The van der Waals surface area contributed by atoms with E-state index >= 15 is 0 Å². The summed E-state index contributed by atoms with van der Waals surface area (Å²) in [4.78, 5) is 7.43. The molecule has 2 aromatic rings. The van der Waals surface area contributed by atoms with Crippen molar-refractivity contribution >= 4 is 5.84 Å². The van der Waals surface area contributed by atoms with E-state index < -0.39 is 0 Å². The lowest BCUT2D eigenvalue weighted by Gasteiger charge is -2.27. The molecular formula is C20H26N2O. The van der Waals surface area contributed by atoms with Gasteiger partial charge in [-0.2, -0.15) is 0 Å². The van der Waals surface area contributed by atoms with E-state index in [1.807, 2.05) is 12.1 Å². The van der Waals surface area contributed by atoms with Crippen LogP contribution < -0.4 is 0 Å². The molecule has 0 spiro atoms. The molecule has 0 saturated carbocycles. The van der Waals surface area contributed by atoms with Crippen LogP contribution in [0, 0.1) is 0 Å². The van der Waals surface area contributed by atoms with Gasteiger partial charge < -0.3 is 9.32 Å². The van der Waals surface area contributed by atoms with Crippen LogP contribution in [0.25, 0.3) is 11.3 Å². The molecule has 23 heavy (non-hydrogen) atoms. The van der Waals surface area contributed by atoms with Gasteiger partial charge in [-0.3, -0.25) is 4.99 Å². The van der Waals surface area contributed by atoms with Crippen molar-refractivity contribution in [1.82, 2.24) is 4.90 Å². The first-order chi connectivity index (χ1) is 11.4. The van der Waals surface area contributed by atoms with E-state index in [1.165, 1.54) is 37.1 Å². The van der Waals surface area contributed by atoms with Gasteiger partial charge in [0.25, 0.3) is 0 Å². The average Bonchev–Trinajstić information content (AvgIpc) is 3.09. The maximum absolute atomic E-state index is 5.57. The van der Waals surface area contributed by atoms with E-state index in [2.05, 4.69) is 36.1 Å². The summed E-state index contributed by atoms with van der Waals surface area (Å²) in [5.41, 5.74) is 2.38. The van der Waals surface area contributed by atoms with Crippen LogP contribution in [0.5, 0.6) is 0 Å². The molecule has 2 heterocycles. The van der Waals surface area contributed by atoms with Gasteiger partial charge in [0.05, 0.1) is 18.6 Å². The predicted molar refractivity (Wildman–Crippen MR) is 95.6 cm³/mol. The summed E-state index contributed by atoms with van der Waals surface area (Å²) in [5.74, 6) is 2.20. The molecule has 0 radical (unpaired) electrons. The lowest BCUT2D eigenvalue weighted by molar-refractivity contribution is 0.393. The Morgan fingerprint density at radius 1 is 1.04 bits per heavy atom. The van der Waals surface area contributed by atoms with Gasteiger partial charge in [-0.15, -0.1) is 0 Å². The third-order valence-corrected chi connectivity index (χ3v) is 4.56. The van der Waals surface area contributed by atoms with Crippen molar-refractivity contribution in [3.05, 3.63) is 48.2 Å². The average molecular weight is 310 g/mol. The van der Waals surface area contributed by atoms with Gasteiger partial charge in [-0.05, 0) is 37.5 Å². The van der Waals surface area contributed by atoms with E-state index in [-0.39, 0.29) is 0 Å². The first-order valence-electron chi connectivity index (χ1n) is 8.78. The Labute approximate surface area is 139 Å². The Balaban J connectivity index is 1.80. The number of rotatable bonds is 4. The minimum atomic E-state index is 0.725. The normalized spacial score (nSPS) is 18.0. The van der Waals surface area contributed by atoms with Crippen molar-refractivity contribution in [3.63, 3.8) is 0 Å². The van der Waals surface area contributed by atoms with E-state index in [0.29, 0.717) is 0 Å². The maximum atomic E-state index is 5.57. The lowest BCUT2D eigenvalue weighted by Crippen LogP contribution is -2.33. The molecule has 1 fully saturated rings. The molecule has 1 saturated heterocycles. The van der Waals surface area contributed by atoms with Crippen molar-refractivity contribution in [3.8, 4) is 11.3 Å². The Kier molecular flexibility index (Phi) is 5.51. The van der Waals surface area contributed by atoms with Crippen LogP contribution >= 0.6 is 0 Å². The summed E-state index contributed by atoms with van der Waals surface area (Å²) in [6.07, 6.45) is 8.07. The molecule has 0 aliphatic carbocycles. The largest absolute Gasteiger partial charge is 0.464 e. The molecule has 1 aliphatic heterocycles. The van der Waals surface area contributed by atoms with Crippen LogP contribution in [0.2, 0.25) is 0 Å². The van der Waals surface area contributed by atoms with Crippen LogP contribution in [0.1, 0.15) is 44.6 Å². The molecule has 0 N–H and O–H groups in total. The summed E-state index contributed by atoms with van der Waals surface area (Å²) < 4.78 is 5.57. The maximum Gasteiger partial charge on any atom is 0.134 e. The molecule has 1 aliphatic rings. The van der Waals surface area contributed by atoms with Crippen molar-refractivity contribution in [1.29, 1.82) is 0 Å². The summed E-state index contributed by atoms with van der Waals surface area (Å²) in [6, 6.07) is 12.4. The number of benzene rings is 1. The molecule has 1 aromatic heterocycles. The third kappa shape index (κ3) is 4.04. The molecule has 0 atom stereocenters. The third-order valence-electron chi connectivity index (χ3n) is 4.56. The zero-order valence-corrected chi connectivity index (χ0v) is 14.0. The van der Waals surface area contributed by atoms with E-state index in [9.17, 15) is 0 Å². The summed E-state index contributed by atoms with van der Waals surface area (Å²) >= 11 is 0. The highest BCUT2D eigenvalue weighted by Gasteiger charge is 2.13. The number of hydrogen-bond acceptors (Lipinski definition) is 2. The smallest absolute Gasteiger partial charge is 0.134 e. The SMILES string of the molecule is CCN1CCCCCCC1=NCc1ccccc1-c1ccco1. The minimum absolute atomic E-state index is 0.725. The van der Waals surface area contributed by atoms with Gasteiger partial charge in [0.15, 0.2) is 0 Å². The van der Waals surface area contributed by atoms with E-state index in [0.717, 1.165) is 37.4 Å². The second-order valence-electron chi connectivity index (χ2n) is 6.11. The van der Waals surface area contributed by atoms with Crippen molar-refractivity contribution in [2.24, 2.45) is 4.99 Å². The van der Waals surface area contributed by atoms with Crippen molar-refractivity contribution < 1.29 is 4.42 Å². The molecule has 3 heteroatoms. The molecule has 3 rings (SSSR count). The summed E-state index contributed by atoms with van der Waals surface area (Å²) in [7, 11) is 0. The van der Waals surface area contributed by atoms with Crippen molar-refractivity contribution in [2.75, 3.05) is 13.1 Å². The van der Waals surface area contributed by atoms with Gasteiger partial charge in [0.1, 0.15) is 5.76 Å². The van der Waals surface area contributed by atoms with Gasteiger partial charge in [-0.25, -0.2) is 0 Å². The van der Waals surface area contributed by atoms with E-state index in [4.69, 9.17) is 9.41 Å². The Bertz CT molecular complexity index is 631. The Morgan fingerprint density at radius 2 is 1.91 bits per heavy atom. The Morgan fingerprint density at radius 3 is 2.74 bits per heavy atom. The number of aliphatic imine (C=N–C) groups is 1. The number of nitrogens with zero attached hydrogens (tertiary/aromatic N) is 2. The molecule has 1 aromatic carbocycles. The van der Waals surface area contributed by atoms with Crippen LogP contribution in [0.4, 0.5) is 0 Å². The zero-order valence-electron chi connectivity index (χ0n) is 14.0. The number of likely N-dealkylation sites (tertiary alicyclic amines) is 1. The first-order valence-corrected chi connectivity index (χ1v) is 8.78. The monoisotopic (exact) mass is 310 g/mol. The fraction of sp³-hybridized carbons (Fsp3) is 0.450. The van der Waals surface area contributed by atoms with Gasteiger partial charge >= 0.3 is 0 Å². The number of hydrogen-bond donors (Lipinski definition) is 0. The van der Waals surface area contributed by atoms with Gasteiger partial charge in [0.2, 0.25) is 0 Å². The van der Waals surface area contributed by atoms with Crippen LogP contribution in [-0.2, 0) is 6.54 Å². The highest BCUT2D eigenvalue weighted by atomic mass is 16.3. The molecule has 0 bridgehead atoms. The molecular weight excluding hydrogens is 284 g/mol. The van der Waals surface area contributed by atoms with Gasteiger partial charge in [0, 0.05) is 25.1 Å². The van der Waals surface area contributed by atoms with Crippen LogP contribution in [0.3, 0.4) is 0 Å². The minimum Gasteiger partial charge on any atom is -0.464 e. The Hall–Kier alpha value is -2.03. The van der Waals surface area contributed by atoms with E-state index in [1.54, 1.807) is 6.26 Å². The predicted octanol–water partition coefficient (Wildman–Crippen LogP) is 5.13. The fourth-order valence-corrected chi connectivity index (χ4v) is 3.25. The van der Waals surface area contributed by atoms with Crippen LogP contribution in [0.15, 0.2) is 52.1 Å². The topological polar surface area (TPSA) is 28.7 Å². The van der Waals surface area contributed by atoms with Crippen molar-refractivity contribution in [2.45, 2.75) is 45.6 Å². The highest BCUT2D eigenvalue weighted by molar-refractivity contribution is 5.82. The highest BCUT2D eigenvalue weighted by Crippen LogP contribution is 2.25. The fourth-order valence-electron chi connectivity index (χ4n) is 3.25. The summed E-state index contributed by atoms with van der Waals surface area (Å²) in [6.45, 7) is 5.16. The van der Waals surface area contributed by atoms with Gasteiger partial charge in [-0.1, -0.05) is 37.1 Å².